The number of carbonyl (C=O) groups is 2. The smallest absolute Gasteiger partial charge is 0.310 e. The fourth-order valence-electron chi connectivity index (χ4n) is 0.637. The highest BCUT2D eigenvalue weighted by Gasteiger charge is 1.98. The summed E-state index contributed by atoms with van der Waals surface area (Å²) in [6.45, 7) is 3.11. The van der Waals surface area contributed by atoms with Gasteiger partial charge in [0.2, 0.25) is 0 Å². The molecule has 0 radical (unpaired) electrons. The predicted molar refractivity (Wildman–Crippen MR) is 50.9 cm³/mol. The second-order valence-electron chi connectivity index (χ2n) is 2.90. The van der Waals surface area contributed by atoms with Crippen molar-refractivity contribution < 1.29 is 24.9 Å². The monoisotopic (exact) mass is 206 g/mol. The first-order chi connectivity index (χ1) is 6.43. The summed E-state index contributed by atoms with van der Waals surface area (Å²) in [6.07, 6.45) is 0.781. The van der Waals surface area contributed by atoms with E-state index in [9.17, 15) is 9.59 Å². The van der Waals surface area contributed by atoms with Gasteiger partial charge in [0.1, 0.15) is 12.2 Å². The Morgan fingerprint density at radius 2 is 1.86 bits per heavy atom. The van der Waals surface area contributed by atoms with Gasteiger partial charge in [0, 0.05) is 0 Å². The van der Waals surface area contributed by atoms with Crippen molar-refractivity contribution in [3.8, 4) is 0 Å². The zero-order chi connectivity index (χ0) is 11.6. The molecule has 5 nitrogen and oxygen atoms in total. The summed E-state index contributed by atoms with van der Waals surface area (Å²) >= 11 is 0. The van der Waals surface area contributed by atoms with E-state index in [1.54, 1.807) is 0 Å². The van der Waals surface area contributed by atoms with E-state index in [1.165, 1.54) is 6.92 Å². The molecular formula is C9H18O5. The Morgan fingerprint density at radius 1 is 1.36 bits per heavy atom. The Labute approximate surface area is 83.4 Å². The minimum absolute atomic E-state index is 0.103. The maximum atomic E-state index is 9.87. The van der Waals surface area contributed by atoms with Crippen LogP contribution in [0.3, 0.4) is 0 Å². The lowest BCUT2D eigenvalue weighted by atomic mass is 10.2. The van der Waals surface area contributed by atoms with Crippen LogP contribution in [0.2, 0.25) is 0 Å². The predicted octanol–water partition coefficient (Wildman–Crippen LogP) is 0.190. The van der Waals surface area contributed by atoms with Crippen molar-refractivity contribution in [2.45, 2.75) is 39.2 Å². The van der Waals surface area contributed by atoms with Crippen LogP contribution in [-0.4, -0.2) is 39.8 Å². The number of carboxylic acids is 1. The molecule has 0 saturated carbocycles. The van der Waals surface area contributed by atoms with E-state index < -0.39 is 12.1 Å². The number of aliphatic hydroxyl groups excluding tert-OH is 2. The normalized spacial score (nSPS) is 11.1. The van der Waals surface area contributed by atoms with E-state index in [4.69, 9.17) is 15.3 Å². The molecule has 0 aromatic heterocycles. The molecule has 0 fully saturated rings. The number of hydrogen-bond donors (Lipinski definition) is 3. The third-order valence-corrected chi connectivity index (χ3v) is 1.23. The van der Waals surface area contributed by atoms with Gasteiger partial charge in [-0.2, -0.15) is 0 Å². The Kier molecular flexibility index (Phi) is 11.3. The van der Waals surface area contributed by atoms with Gasteiger partial charge in [-0.1, -0.05) is 13.3 Å². The van der Waals surface area contributed by atoms with Gasteiger partial charge in [-0.15, -0.1) is 0 Å². The first kappa shape index (κ1) is 15.5. The molecular weight excluding hydrogens is 188 g/mol. The average molecular weight is 206 g/mol. The van der Waals surface area contributed by atoms with Crippen LogP contribution in [0.4, 0.5) is 0 Å². The molecule has 0 heterocycles. The lowest BCUT2D eigenvalue weighted by Gasteiger charge is -2.01. The lowest BCUT2D eigenvalue weighted by molar-refractivity contribution is -0.139. The zero-order valence-corrected chi connectivity index (χ0v) is 8.56. The molecule has 1 atom stereocenters. The van der Waals surface area contributed by atoms with E-state index in [0.29, 0.717) is 6.42 Å². The fourth-order valence-corrected chi connectivity index (χ4v) is 0.637. The van der Waals surface area contributed by atoms with Crippen molar-refractivity contribution in [2.75, 3.05) is 6.61 Å². The Balaban J connectivity index is 0. The molecule has 0 spiro atoms. The minimum atomic E-state index is -1.06. The van der Waals surface area contributed by atoms with Gasteiger partial charge >= 0.3 is 5.97 Å². The van der Waals surface area contributed by atoms with Gasteiger partial charge in [0.15, 0.2) is 0 Å². The van der Waals surface area contributed by atoms with Crippen LogP contribution in [0, 0.1) is 0 Å². The standard InChI is InChI=1S/C5H12O2.C4H6O3/c1-2-3-5(7)4-6;1-3(5)2-4(6)7/h5-7H,2-4H2,1H3;2H2,1H3,(H,6,7). The second-order valence-corrected chi connectivity index (χ2v) is 2.90. The van der Waals surface area contributed by atoms with Gasteiger partial charge in [-0.25, -0.2) is 0 Å². The first-order valence-corrected chi connectivity index (χ1v) is 4.44. The fraction of sp³-hybridized carbons (Fsp3) is 0.778. The Bertz CT molecular complexity index is 155. The maximum Gasteiger partial charge on any atom is 0.310 e. The molecule has 0 aliphatic heterocycles. The molecule has 0 aliphatic rings. The van der Waals surface area contributed by atoms with Gasteiger partial charge < -0.3 is 15.3 Å². The third kappa shape index (κ3) is 17.2. The molecule has 0 aliphatic carbocycles. The Morgan fingerprint density at radius 3 is 1.93 bits per heavy atom. The minimum Gasteiger partial charge on any atom is -0.481 e. The Hall–Kier alpha value is -0.940. The molecule has 0 saturated heterocycles. The van der Waals surface area contributed by atoms with E-state index in [-0.39, 0.29) is 18.8 Å². The lowest BCUT2D eigenvalue weighted by Crippen LogP contribution is -2.10. The van der Waals surface area contributed by atoms with Crippen LogP contribution in [0.5, 0.6) is 0 Å². The molecule has 0 aromatic rings. The van der Waals surface area contributed by atoms with Crippen molar-refractivity contribution >= 4 is 11.8 Å². The van der Waals surface area contributed by atoms with Crippen molar-refractivity contribution in [1.82, 2.24) is 0 Å². The highest BCUT2D eigenvalue weighted by atomic mass is 16.4. The number of rotatable bonds is 5. The number of carbonyl (C=O) groups excluding carboxylic acids is 1. The van der Waals surface area contributed by atoms with E-state index in [2.05, 4.69) is 0 Å². The number of ketones is 1. The molecule has 1 unspecified atom stereocenters. The summed E-state index contributed by atoms with van der Waals surface area (Å²) in [5.41, 5.74) is 0. The van der Waals surface area contributed by atoms with Crippen molar-refractivity contribution in [3.05, 3.63) is 0 Å². The quantitative estimate of drug-likeness (QED) is 0.558. The average Bonchev–Trinajstić information content (AvgIpc) is 2.03. The second kappa shape index (κ2) is 10.1. The number of hydrogen-bond acceptors (Lipinski definition) is 4. The zero-order valence-electron chi connectivity index (χ0n) is 8.56. The van der Waals surface area contributed by atoms with E-state index in [1.807, 2.05) is 6.92 Å². The third-order valence-electron chi connectivity index (χ3n) is 1.23. The van der Waals surface area contributed by atoms with E-state index in [0.717, 1.165) is 6.42 Å². The SMILES string of the molecule is CC(=O)CC(=O)O.CCCC(O)CO. The topological polar surface area (TPSA) is 94.8 Å². The molecule has 5 heteroatoms. The molecule has 0 bridgehead atoms. The molecule has 0 amide bonds. The molecule has 3 N–H and O–H groups in total. The highest BCUT2D eigenvalue weighted by molar-refractivity contribution is 5.93. The van der Waals surface area contributed by atoms with Crippen molar-refractivity contribution in [2.24, 2.45) is 0 Å². The van der Waals surface area contributed by atoms with Crippen molar-refractivity contribution in [3.63, 3.8) is 0 Å². The largest absolute Gasteiger partial charge is 0.481 e. The van der Waals surface area contributed by atoms with Crippen LogP contribution < -0.4 is 0 Å². The summed E-state index contributed by atoms with van der Waals surface area (Å²) in [7, 11) is 0. The maximum absolute atomic E-state index is 9.87. The van der Waals surface area contributed by atoms with Crippen LogP contribution >= 0.6 is 0 Å². The molecule has 84 valence electrons. The number of aliphatic carboxylic acids is 1. The van der Waals surface area contributed by atoms with Crippen LogP contribution in [0.1, 0.15) is 33.1 Å². The van der Waals surface area contributed by atoms with Crippen LogP contribution in [-0.2, 0) is 9.59 Å². The molecule has 14 heavy (non-hydrogen) atoms. The number of Topliss-reactive ketones (excluding diaryl/α,β-unsaturated/α-hetero) is 1. The number of carboxylic acid groups (broad SMARTS) is 1. The first-order valence-electron chi connectivity index (χ1n) is 4.44. The summed E-state index contributed by atoms with van der Waals surface area (Å²) in [4.78, 5) is 19.5. The van der Waals surface area contributed by atoms with Gasteiger partial charge in [-0.05, 0) is 13.3 Å². The molecule has 0 aromatic carbocycles. The molecule has 0 rings (SSSR count). The summed E-state index contributed by atoms with van der Waals surface area (Å²) in [6, 6.07) is 0. The number of aliphatic hydroxyl groups is 2. The summed E-state index contributed by atoms with van der Waals surface area (Å²) < 4.78 is 0. The van der Waals surface area contributed by atoms with Crippen LogP contribution in [0.15, 0.2) is 0 Å². The summed E-state index contributed by atoms with van der Waals surface area (Å²) in [5.74, 6) is -1.37. The summed E-state index contributed by atoms with van der Waals surface area (Å²) in [5, 5.41) is 24.7. The van der Waals surface area contributed by atoms with Gasteiger partial charge in [-0.3, -0.25) is 9.59 Å². The highest BCUT2D eigenvalue weighted by Crippen LogP contribution is 1.92. The van der Waals surface area contributed by atoms with Crippen LogP contribution in [0.25, 0.3) is 0 Å². The van der Waals surface area contributed by atoms with Crippen molar-refractivity contribution in [1.29, 1.82) is 0 Å². The van der Waals surface area contributed by atoms with Gasteiger partial charge in [0.05, 0.1) is 12.7 Å². The van der Waals surface area contributed by atoms with Gasteiger partial charge in [0.25, 0.3) is 0 Å². The van der Waals surface area contributed by atoms with E-state index >= 15 is 0 Å².